The molecule has 22 heavy (non-hydrogen) atoms. The summed E-state index contributed by atoms with van der Waals surface area (Å²) in [4.78, 5) is 14.2. The Balaban J connectivity index is 2.05. The lowest BCUT2D eigenvalue weighted by atomic mass is 10.1. The van der Waals surface area contributed by atoms with Crippen molar-refractivity contribution in [3.63, 3.8) is 0 Å². The lowest BCUT2D eigenvalue weighted by Gasteiger charge is -2.25. The fourth-order valence-electron chi connectivity index (χ4n) is 2.93. The van der Waals surface area contributed by atoms with Crippen LogP contribution in [0.4, 0.5) is 0 Å². The Morgan fingerprint density at radius 1 is 1.18 bits per heavy atom. The van der Waals surface area contributed by atoms with Gasteiger partial charge in [0.25, 0.3) is 0 Å². The molecule has 118 valence electrons. The molecule has 0 N–H and O–H groups in total. The van der Waals surface area contributed by atoms with E-state index in [4.69, 9.17) is 5.10 Å². The monoisotopic (exact) mass is 300 g/mol. The third kappa shape index (κ3) is 2.34. The Kier molecular flexibility index (Phi) is 3.38. The highest BCUT2D eigenvalue weighted by molar-refractivity contribution is 5.79. The molecule has 0 bridgehead atoms. The average molecular weight is 300 g/mol. The van der Waals surface area contributed by atoms with Crippen LogP contribution in [0.1, 0.15) is 45.9 Å². The van der Waals surface area contributed by atoms with Gasteiger partial charge in [-0.05, 0) is 32.9 Å². The molecule has 3 rings (SSSR count). The van der Waals surface area contributed by atoms with E-state index in [1.807, 2.05) is 43.3 Å². The van der Waals surface area contributed by atoms with Crippen molar-refractivity contribution >= 4 is 5.91 Å². The summed E-state index contributed by atoms with van der Waals surface area (Å²) in [7, 11) is 0. The van der Waals surface area contributed by atoms with Gasteiger partial charge < -0.3 is 9.47 Å². The van der Waals surface area contributed by atoms with Gasteiger partial charge in [0.05, 0.1) is 24.3 Å². The van der Waals surface area contributed by atoms with Crippen LogP contribution in [0, 0.1) is 5.92 Å². The molecule has 0 aliphatic carbocycles. The van der Waals surface area contributed by atoms with E-state index in [1.165, 1.54) is 5.56 Å². The predicted octanol–water partition coefficient (Wildman–Crippen LogP) is 2.93. The van der Waals surface area contributed by atoms with Crippen LogP contribution in [0.5, 0.6) is 0 Å². The van der Waals surface area contributed by atoms with Crippen LogP contribution < -0.4 is 0 Å². The number of rotatable bonds is 2. The number of fused-ring (bicyclic) bond motifs is 1. The van der Waals surface area contributed by atoms with Crippen molar-refractivity contribution in [1.82, 2.24) is 19.2 Å². The fraction of sp³-hybridized carbons (Fsp3) is 0.529. The first-order valence-electron chi connectivity index (χ1n) is 7.82. The van der Waals surface area contributed by atoms with Crippen molar-refractivity contribution in [2.24, 2.45) is 5.92 Å². The second-order valence-corrected chi connectivity index (χ2v) is 7.27. The highest BCUT2D eigenvalue weighted by Gasteiger charge is 2.34. The Morgan fingerprint density at radius 3 is 2.36 bits per heavy atom. The van der Waals surface area contributed by atoms with Crippen molar-refractivity contribution in [2.45, 2.75) is 53.2 Å². The number of amides is 1. The number of carbonyl (C=O) groups excluding carboxylic acids is 1. The van der Waals surface area contributed by atoms with Crippen LogP contribution in [0.2, 0.25) is 0 Å². The molecule has 1 amide bonds. The van der Waals surface area contributed by atoms with Crippen LogP contribution in [-0.2, 0) is 23.4 Å². The molecule has 0 fully saturated rings. The molecule has 0 unspecified atom stereocenters. The summed E-state index contributed by atoms with van der Waals surface area (Å²) in [6.45, 7) is 11.6. The molecule has 5 nitrogen and oxygen atoms in total. The molecule has 2 aromatic heterocycles. The van der Waals surface area contributed by atoms with Gasteiger partial charge in [-0.15, -0.1) is 0 Å². The number of hydrogen-bond donors (Lipinski definition) is 0. The Labute approximate surface area is 131 Å². The summed E-state index contributed by atoms with van der Waals surface area (Å²) in [6.07, 6.45) is 4.07. The van der Waals surface area contributed by atoms with Crippen molar-refractivity contribution < 1.29 is 4.79 Å². The normalized spacial score (nSPS) is 14.7. The summed E-state index contributed by atoms with van der Waals surface area (Å²) in [6, 6.07) is 4.02. The molecule has 0 saturated heterocycles. The lowest BCUT2D eigenvalue weighted by Crippen LogP contribution is -2.31. The van der Waals surface area contributed by atoms with Crippen LogP contribution in [0.15, 0.2) is 24.5 Å². The van der Waals surface area contributed by atoms with Gasteiger partial charge in [0, 0.05) is 23.9 Å². The second kappa shape index (κ2) is 5.00. The predicted molar refractivity (Wildman–Crippen MR) is 85.6 cm³/mol. The van der Waals surface area contributed by atoms with Crippen LogP contribution >= 0.6 is 0 Å². The minimum absolute atomic E-state index is 0.0220. The Bertz CT molecular complexity index is 689. The van der Waals surface area contributed by atoms with Gasteiger partial charge in [0.15, 0.2) is 0 Å². The van der Waals surface area contributed by atoms with Gasteiger partial charge >= 0.3 is 0 Å². The molecular formula is C17H24N4O. The van der Waals surface area contributed by atoms with E-state index in [0.717, 1.165) is 11.5 Å². The zero-order chi connectivity index (χ0) is 16.1. The molecule has 3 heterocycles. The average Bonchev–Trinajstić information content (AvgIpc) is 3.10. The number of hydrogen-bond acceptors (Lipinski definition) is 2. The Morgan fingerprint density at radius 2 is 1.82 bits per heavy atom. The minimum Gasteiger partial charge on any atom is -0.332 e. The SMILES string of the molecule is CC(C)C(=O)N1Cc2nn(C(C)(C)C)c(-n3cccc3)c2C1. The van der Waals surface area contributed by atoms with Gasteiger partial charge in [-0.3, -0.25) is 4.79 Å². The summed E-state index contributed by atoms with van der Waals surface area (Å²) < 4.78 is 4.18. The Hall–Kier alpha value is -2.04. The fourth-order valence-corrected chi connectivity index (χ4v) is 2.93. The van der Waals surface area contributed by atoms with Crippen molar-refractivity contribution in [3.8, 4) is 5.82 Å². The standard InChI is InChI=1S/C17H24N4O/c1-12(2)16(22)20-10-13-14(11-20)18-21(17(3,4)5)15(13)19-8-6-7-9-19/h6-9,12H,10-11H2,1-5H3. The van der Waals surface area contributed by atoms with Gasteiger partial charge in [-0.1, -0.05) is 13.8 Å². The van der Waals surface area contributed by atoms with Crippen molar-refractivity contribution in [1.29, 1.82) is 0 Å². The third-order valence-corrected chi connectivity index (χ3v) is 4.02. The molecule has 0 saturated carbocycles. The smallest absolute Gasteiger partial charge is 0.225 e. The molecule has 5 heteroatoms. The molecule has 2 aromatic rings. The quantitative estimate of drug-likeness (QED) is 0.856. The maximum absolute atomic E-state index is 12.3. The van der Waals surface area contributed by atoms with Crippen LogP contribution in [0.25, 0.3) is 5.82 Å². The maximum Gasteiger partial charge on any atom is 0.225 e. The number of carbonyl (C=O) groups is 1. The van der Waals surface area contributed by atoms with E-state index in [2.05, 4.69) is 30.0 Å². The number of aromatic nitrogens is 3. The highest BCUT2D eigenvalue weighted by Crippen LogP contribution is 2.32. The summed E-state index contributed by atoms with van der Waals surface area (Å²) >= 11 is 0. The summed E-state index contributed by atoms with van der Waals surface area (Å²) in [5.41, 5.74) is 2.09. The first-order valence-corrected chi connectivity index (χ1v) is 7.82. The summed E-state index contributed by atoms with van der Waals surface area (Å²) in [5.74, 6) is 1.29. The van der Waals surface area contributed by atoms with Gasteiger partial charge in [-0.2, -0.15) is 5.10 Å². The first kappa shape index (κ1) is 14.9. The van der Waals surface area contributed by atoms with E-state index in [9.17, 15) is 4.79 Å². The number of nitrogens with zero attached hydrogens (tertiary/aromatic N) is 4. The van der Waals surface area contributed by atoms with Crippen molar-refractivity contribution in [3.05, 3.63) is 35.8 Å². The largest absolute Gasteiger partial charge is 0.332 e. The summed E-state index contributed by atoms with van der Waals surface area (Å²) in [5, 5.41) is 4.81. The van der Waals surface area contributed by atoms with Gasteiger partial charge in [0.2, 0.25) is 5.91 Å². The van der Waals surface area contributed by atoms with Crippen LogP contribution in [-0.4, -0.2) is 25.2 Å². The first-order chi connectivity index (χ1) is 10.3. The molecule has 0 radical (unpaired) electrons. The molecule has 0 atom stereocenters. The minimum atomic E-state index is -0.100. The van der Waals surface area contributed by atoms with E-state index in [1.54, 1.807) is 0 Å². The van der Waals surface area contributed by atoms with Gasteiger partial charge in [0.1, 0.15) is 5.82 Å². The maximum atomic E-state index is 12.3. The molecule has 1 aliphatic rings. The third-order valence-electron chi connectivity index (χ3n) is 4.02. The van der Waals surface area contributed by atoms with E-state index >= 15 is 0 Å². The topological polar surface area (TPSA) is 43.1 Å². The van der Waals surface area contributed by atoms with E-state index in [-0.39, 0.29) is 17.4 Å². The second-order valence-electron chi connectivity index (χ2n) is 7.27. The van der Waals surface area contributed by atoms with Gasteiger partial charge in [-0.25, -0.2) is 4.68 Å². The highest BCUT2D eigenvalue weighted by atomic mass is 16.2. The zero-order valence-electron chi connectivity index (χ0n) is 14.0. The van der Waals surface area contributed by atoms with E-state index in [0.29, 0.717) is 13.1 Å². The molecule has 1 aliphatic heterocycles. The van der Waals surface area contributed by atoms with Crippen LogP contribution in [0.3, 0.4) is 0 Å². The van der Waals surface area contributed by atoms with Crippen molar-refractivity contribution in [2.75, 3.05) is 0 Å². The lowest BCUT2D eigenvalue weighted by molar-refractivity contribution is -0.135. The molecule has 0 spiro atoms. The molecule has 0 aromatic carbocycles. The van der Waals surface area contributed by atoms with E-state index < -0.39 is 0 Å². The molecular weight excluding hydrogens is 276 g/mol. The zero-order valence-corrected chi connectivity index (χ0v) is 14.0.